The number of aromatic nitrogens is 1. The summed E-state index contributed by atoms with van der Waals surface area (Å²) in [4.78, 5) is 28.0. The Hall–Kier alpha value is -3.32. The molecule has 0 aliphatic rings. The quantitative estimate of drug-likeness (QED) is 0.500. The fraction of sp³-hybridized carbons (Fsp3) is 0.105. The van der Waals surface area contributed by atoms with E-state index in [4.69, 9.17) is 11.6 Å². The summed E-state index contributed by atoms with van der Waals surface area (Å²) < 4.78 is 0. The second kappa shape index (κ2) is 7.51. The van der Waals surface area contributed by atoms with Gasteiger partial charge in [-0.25, -0.2) is 9.78 Å². The standard InChI is InChI=1S/C19H15ClN2O5/c20-17-13-4-2-1-3-12(13)16(24)15(22-17)18(25)21-14(19(26)27)9-10-5-7-11(23)8-6-10/h1-8,14,23-24H,9H2,(H,21,25)(H,26,27)/t14-/m1/s1. The minimum absolute atomic E-state index is 0.0105. The van der Waals surface area contributed by atoms with Crippen LogP contribution in [0.15, 0.2) is 48.5 Å². The van der Waals surface area contributed by atoms with Crippen LogP contribution in [-0.2, 0) is 11.2 Å². The van der Waals surface area contributed by atoms with Crippen molar-refractivity contribution in [3.8, 4) is 11.5 Å². The van der Waals surface area contributed by atoms with Crippen LogP contribution in [0, 0.1) is 0 Å². The molecule has 1 heterocycles. The van der Waals surface area contributed by atoms with Crippen molar-refractivity contribution in [2.75, 3.05) is 0 Å². The van der Waals surface area contributed by atoms with Crippen LogP contribution in [0.25, 0.3) is 10.8 Å². The largest absolute Gasteiger partial charge is 0.508 e. The summed E-state index contributed by atoms with van der Waals surface area (Å²) in [5, 5.41) is 32.3. The van der Waals surface area contributed by atoms with Crippen LogP contribution in [0.1, 0.15) is 16.1 Å². The number of hydrogen-bond acceptors (Lipinski definition) is 5. The Kier molecular flexibility index (Phi) is 5.14. The highest BCUT2D eigenvalue weighted by Crippen LogP contribution is 2.31. The van der Waals surface area contributed by atoms with E-state index in [1.54, 1.807) is 36.4 Å². The van der Waals surface area contributed by atoms with E-state index in [1.807, 2.05) is 0 Å². The van der Waals surface area contributed by atoms with Gasteiger partial charge in [0.15, 0.2) is 11.4 Å². The number of halogens is 1. The molecule has 0 aliphatic heterocycles. The minimum atomic E-state index is -1.26. The Morgan fingerprint density at radius 2 is 1.67 bits per heavy atom. The number of carbonyl (C=O) groups is 2. The van der Waals surface area contributed by atoms with E-state index in [0.717, 1.165) is 0 Å². The van der Waals surface area contributed by atoms with Crippen LogP contribution in [0.2, 0.25) is 5.15 Å². The van der Waals surface area contributed by atoms with Crippen LogP contribution in [0.3, 0.4) is 0 Å². The average molecular weight is 387 g/mol. The first-order chi connectivity index (χ1) is 12.9. The van der Waals surface area contributed by atoms with Gasteiger partial charge in [-0.3, -0.25) is 4.79 Å². The van der Waals surface area contributed by atoms with Gasteiger partial charge in [-0.2, -0.15) is 0 Å². The van der Waals surface area contributed by atoms with Gasteiger partial charge < -0.3 is 20.6 Å². The second-order valence-electron chi connectivity index (χ2n) is 5.88. The van der Waals surface area contributed by atoms with Gasteiger partial charge in [0.05, 0.1) is 0 Å². The molecule has 1 aromatic heterocycles. The van der Waals surface area contributed by atoms with E-state index in [1.165, 1.54) is 12.1 Å². The Labute approximate surface area is 158 Å². The molecule has 0 aliphatic carbocycles. The molecule has 138 valence electrons. The Morgan fingerprint density at radius 3 is 2.30 bits per heavy atom. The van der Waals surface area contributed by atoms with Crippen LogP contribution in [-0.4, -0.2) is 38.2 Å². The maximum atomic E-state index is 12.5. The fourth-order valence-electron chi connectivity index (χ4n) is 2.66. The molecule has 27 heavy (non-hydrogen) atoms. The number of aromatic hydroxyl groups is 2. The van der Waals surface area contributed by atoms with Crippen molar-refractivity contribution in [1.29, 1.82) is 0 Å². The molecule has 0 spiro atoms. The number of phenols is 1. The van der Waals surface area contributed by atoms with Crippen LogP contribution in [0.4, 0.5) is 0 Å². The van der Waals surface area contributed by atoms with E-state index in [0.29, 0.717) is 16.3 Å². The van der Waals surface area contributed by atoms with Gasteiger partial charge in [-0.1, -0.05) is 48.0 Å². The number of rotatable bonds is 5. The van der Waals surface area contributed by atoms with Gasteiger partial charge in [0.25, 0.3) is 5.91 Å². The molecule has 0 unspecified atom stereocenters. The van der Waals surface area contributed by atoms with E-state index in [-0.39, 0.29) is 28.8 Å². The summed E-state index contributed by atoms with van der Waals surface area (Å²) in [7, 11) is 0. The molecule has 0 saturated heterocycles. The number of hydrogen-bond donors (Lipinski definition) is 4. The molecule has 0 saturated carbocycles. The lowest BCUT2D eigenvalue weighted by Crippen LogP contribution is -2.42. The molecule has 3 rings (SSSR count). The molecule has 2 aromatic carbocycles. The lowest BCUT2D eigenvalue weighted by molar-refractivity contribution is -0.139. The number of carboxylic acids is 1. The molecular weight excluding hydrogens is 372 g/mol. The summed E-state index contributed by atoms with van der Waals surface area (Å²) in [5.41, 5.74) is 0.255. The monoisotopic (exact) mass is 386 g/mol. The number of nitrogens with one attached hydrogen (secondary N) is 1. The molecule has 8 heteroatoms. The zero-order chi connectivity index (χ0) is 19.6. The molecule has 7 nitrogen and oxygen atoms in total. The number of aliphatic carboxylic acids is 1. The van der Waals surface area contributed by atoms with Crippen LogP contribution >= 0.6 is 11.6 Å². The van der Waals surface area contributed by atoms with Crippen molar-refractivity contribution in [2.24, 2.45) is 0 Å². The summed E-state index contributed by atoms with van der Waals surface area (Å²) in [6, 6.07) is 11.3. The molecule has 0 fully saturated rings. The Balaban J connectivity index is 1.88. The zero-order valence-corrected chi connectivity index (χ0v) is 14.6. The lowest BCUT2D eigenvalue weighted by Gasteiger charge is -2.15. The highest BCUT2D eigenvalue weighted by molar-refractivity contribution is 6.34. The minimum Gasteiger partial charge on any atom is -0.508 e. The molecule has 0 radical (unpaired) electrons. The smallest absolute Gasteiger partial charge is 0.326 e. The molecule has 3 aromatic rings. The summed E-state index contributed by atoms with van der Waals surface area (Å²) >= 11 is 6.08. The highest BCUT2D eigenvalue weighted by Gasteiger charge is 2.25. The van der Waals surface area contributed by atoms with E-state index in [2.05, 4.69) is 10.3 Å². The van der Waals surface area contributed by atoms with Crippen LogP contribution < -0.4 is 5.32 Å². The number of amides is 1. The zero-order valence-electron chi connectivity index (χ0n) is 13.9. The van der Waals surface area contributed by atoms with Crippen molar-refractivity contribution in [2.45, 2.75) is 12.5 Å². The summed E-state index contributed by atoms with van der Waals surface area (Å²) in [6.45, 7) is 0. The number of carbonyl (C=O) groups excluding carboxylic acids is 1. The second-order valence-corrected chi connectivity index (χ2v) is 6.24. The molecule has 1 amide bonds. The summed E-state index contributed by atoms with van der Waals surface area (Å²) in [5.74, 6) is -2.43. The fourth-order valence-corrected chi connectivity index (χ4v) is 2.91. The van der Waals surface area contributed by atoms with Gasteiger partial charge in [-0.05, 0) is 17.7 Å². The topological polar surface area (TPSA) is 120 Å². The number of benzene rings is 2. The van der Waals surface area contributed by atoms with Gasteiger partial charge in [-0.15, -0.1) is 0 Å². The van der Waals surface area contributed by atoms with E-state index < -0.39 is 17.9 Å². The Bertz CT molecular complexity index is 1020. The van der Waals surface area contributed by atoms with Crippen LogP contribution in [0.5, 0.6) is 11.5 Å². The highest BCUT2D eigenvalue weighted by atomic mass is 35.5. The average Bonchev–Trinajstić information content (AvgIpc) is 2.65. The Morgan fingerprint density at radius 1 is 1.04 bits per heavy atom. The molecular formula is C19H15ClN2O5. The van der Waals surface area contributed by atoms with Crippen molar-refractivity contribution in [3.63, 3.8) is 0 Å². The molecule has 0 bridgehead atoms. The molecule has 4 N–H and O–H groups in total. The van der Waals surface area contributed by atoms with E-state index in [9.17, 15) is 24.9 Å². The lowest BCUT2D eigenvalue weighted by atomic mass is 10.1. The van der Waals surface area contributed by atoms with E-state index >= 15 is 0 Å². The first kappa shape index (κ1) is 18.5. The third-order valence-corrected chi connectivity index (χ3v) is 4.32. The van der Waals surface area contributed by atoms with Crippen molar-refractivity contribution in [3.05, 3.63) is 64.9 Å². The maximum Gasteiger partial charge on any atom is 0.326 e. The third kappa shape index (κ3) is 3.93. The maximum absolute atomic E-state index is 12.5. The first-order valence-electron chi connectivity index (χ1n) is 7.95. The third-order valence-electron chi connectivity index (χ3n) is 4.03. The predicted octanol–water partition coefficient (Wildman–Crippen LogP) is 2.73. The molecule has 1 atom stereocenters. The first-order valence-corrected chi connectivity index (χ1v) is 8.33. The van der Waals surface area contributed by atoms with Gasteiger partial charge in [0.2, 0.25) is 0 Å². The SMILES string of the molecule is O=C(N[C@H](Cc1ccc(O)cc1)C(=O)O)c1nc(Cl)c2ccccc2c1O. The number of phenolic OH excluding ortho intramolecular Hbond substituents is 1. The van der Waals surface area contributed by atoms with Gasteiger partial charge in [0, 0.05) is 17.2 Å². The van der Waals surface area contributed by atoms with Gasteiger partial charge in [0.1, 0.15) is 16.9 Å². The number of pyridine rings is 1. The number of fused-ring (bicyclic) bond motifs is 1. The van der Waals surface area contributed by atoms with Gasteiger partial charge >= 0.3 is 5.97 Å². The normalized spacial score (nSPS) is 11.9. The number of carboxylic acid groups (broad SMARTS) is 1. The van der Waals surface area contributed by atoms with Crippen molar-refractivity contribution in [1.82, 2.24) is 10.3 Å². The number of nitrogens with zero attached hydrogens (tertiary/aromatic N) is 1. The predicted molar refractivity (Wildman–Crippen MR) is 99.1 cm³/mol. The van der Waals surface area contributed by atoms with Crippen molar-refractivity contribution < 1.29 is 24.9 Å². The van der Waals surface area contributed by atoms with Crippen molar-refractivity contribution >= 4 is 34.2 Å². The summed E-state index contributed by atoms with van der Waals surface area (Å²) in [6.07, 6.45) is -0.0105.